The van der Waals surface area contributed by atoms with Crippen LogP contribution in [0.3, 0.4) is 0 Å². The smallest absolute Gasteiger partial charge is 0.160 e. The highest BCUT2D eigenvalue weighted by Crippen LogP contribution is 2.47. The molecule has 0 saturated carbocycles. The van der Waals surface area contributed by atoms with Crippen molar-refractivity contribution in [1.29, 1.82) is 0 Å². The Kier molecular flexibility index (Phi) is 7.68. The van der Waals surface area contributed by atoms with E-state index in [-0.39, 0.29) is 0 Å². The van der Waals surface area contributed by atoms with E-state index in [0.717, 1.165) is 56.0 Å². The van der Waals surface area contributed by atoms with Crippen molar-refractivity contribution >= 4 is 53.3 Å². The number of benzene rings is 8. The third-order valence-electron chi connectivity index (χ3n) is 10.8. The van der Waals surface area contributed by atoms with Crippen molar-refractivity contribution in [3.05, 3.63) is 200 Å². The van der Waals surface area contributed by atoms with Gasteiger partial charge < -0.3 is 4.57 Å². The van der Waals surface area contributed by atoms with Crippen molar-refractivity contribution in [2.24, 2.45) is 0 Å². The van der Waals surface area contributed by atoms with Crippen LogP contribution >= 0.6 is 11.3 Å². The third kappa shape index (κ3) is 5.34. The normalized spacial score (nSPS) is 11.6. The number of para-hydroxylation sites is 1. The van der Waals surface area contributed by atoms with Crippen LogP contribution in [0.15, 0.2) is 200 Å². The second-order valence-corrected chi connectivity index (χ2v) is 15.2. The van der Waals surface area contributed by atoms with E-state index >= 15 is 0 Å². The molecule has 3 aromatic heterocycles. The molecule has 3 heterocycles. The largest absolute Gasteiger partial charge is 0.307 e. The molecule has 3 nitrogen and oxygen atoms in total. The van der Waals surface area contributed by atoms with E-state index < -0.39 is 0 Å². The minimum atomic E-state index is 0.681. The number of fused-ring (bicyclic) bond motifs is 7. The van der Waals surface area contributed by atoms with Crippen molar-refractivity contribution in [1.82, 2.24) is 14.5 Å². The molecule has 0 fully saturated rings. The van der Waals surface area contributed by atoms with Gasteiger partial charge in [-0.15, -0.1) is 11.3 Å². The molecule has 0 atom stereocenters. The molecule has 0 unspecified atom stereocenters. The monoisotopic (exact) mass is 731 g/mol. The van der Waals surface area contributed by atoms with Crippen LogP contribution in [0.1, 0.15) is 0 Å². The second-order valence-electron chi connectivity index (χ2n) is 14.1. The first-order valence-electron chi connectivity index (χ1n) is 18.9. The Bertz CT molecular complexity index is 3100. The molecule has 0 spiro atoms. The molecule has 0 saturated heterocycles. The van der Waals surface area contributed by atoms with Crippen molar-refractivity contribution in [2.75, 3.05) is 0 Å². The van der Waals surface area contributed by atoms with Crippen LogP contribution in [0.2, 0.25) is 0 Å². The van der Waals surface area contributed by atoms with E-state index in [9.17, 15) is 0 Å². The van der Waals surface area contributed by atoms with E-state index in [4.69, 9.17) is 9.97 Å². The van der Waals surface area contributed by atoms with Gasteiger partial charge in [-0.2, -0.15) is 0 Å². The first-order chi connectivity index (χ1) is 27.8. The van der Waals surface area contributed by atoms with Crippen LogP contribution in [0, 0.1) is 0 Å². The van der Waals surface area contributed by atoms with Gasteiger partial charge in [0.2, 0.25) is 0 Å². The minimum Gasteiger partial charge on any atom is -0.307 e. The fourth-order valence-electron chi connectivity index (χ4n) is 8.23. The summed E-state index contributed by atoms with van der Waals surface area (Å²) in [6.45, 7) is 0. The van der Waals surface area contributed by atoms with E-state index in [1.165, 1.54) is 42.0 Å². The van der Waals surface area contributed by atoms with E-state index in [0.29, 0.717) is 5.82 Å². The molecule has 262 valence electrons. The molecule has 0 radical (unpaired) electrons. The van der Waals surface area contributed by atoms with Crippen LogP contribution in [-0.4, -0.2) is 14.5 Å². The number of hydrogen-bond acceptors (Lipinski definition) is 3. The summed E-state index contributed by atoms with van der Waals surface area (Å²) in [5.41, 5.74) is 12.8. The molecule has 11 aromatic rings. The zero-order valence-electron chi connectivity index (χ0n) is 30.3. The van der Waals surface area contributed by atoms with Gasteiger partial charge in [0.25, 0.3) is 0 Å². The first-order valence-corrected chi connectivity index (χ1v) is 19.7. The zero-order chi connectivity index (χ0) is 37.0. The molecule has 4 heteroatoms. The Morgan fingerprint density at radius 3 is 1.45 bits per heavy atom. The van der Waals surface area contributed by atoms with Gasteiger partial charge in [-0.25, -0.2) is 9.97 Å². The summed E-state index contributed by atoms with van der Waals surface area (Å²) in [6, 6.07) is 71.4. The second kappa shape index (κ2) is 13.3. The van der Waals surface area contributed by atoms with Gasteiger partial charge in [0.1, 0.15) is 0 Å². The Balaban J connectivity index is 1.29. The fraction of sp³-hybridized carbons (Fsp3) is 0. The zero-order valence-corrected chi connectivity index (χ0v) is 31.1. The highest BCUT2D eigenvalue weighted by Gasteiger charge is 2.24. The molecular weight excluding hydrogens is 699 g/mol. The van der Waals surface area contributed by atoms with Gasteiger partial charge in [0.05, 0.1) is 32.8 Å². The standard InChI is InChI=1S/C52H33N3S/c1-5-17-34(18-6-1)43-31-38(52-53-45(36-21-9-3-10-22-36)33-46(54-52)37-23-11-4-12-24-37)32-44(35-19-7-2-8-20-35)49(43)55-47-27-15-13-25-39(47)41-29-30-42-40-26-14-16-28-48(40)56-51(42)50(41)55/h1-33H. The van der Waals surface area contributed by atoms with Crippen molar-refractivity contribution < 1.29 is 0 Å². The topological polar surface area (TPSA) is 30.7 Å². The lowest BCUT2D eigenvalue weighted by Gasteiger charge is -2.21. The third-order valence-corrected chi connectivity index (χ3v) is 12.0. The van der Waals surface area contributed by atoms with Crippen molar-refractivity contribution in [2.45, 2.75) is 0 Å². The summed E-state index contributed by atoms with van der Waals surface area (Å²) >= 11 is 1.88. The minimum absolute atomic E-state index is 0.681. The molecule has 0 bridgehead atoms. The molecule has 0 aliphatic heterocycles. The van der Waals surface area contributed by atoms with Crippen LogP contribution in [0.5, 0.6) is 0 Å². The summed E-state index contributed by atoms with van der Waals surface area (Å²) in [7, 11) is 0. The highest BCUT2D eigenvalue weighted by molar-refractivity contribution is 7.26. The fourth-order valence-corrected chi connectivity index (χ4v) is 9.47. The molecule has 0 amide bonds. The lowest BCUT2D eigenvalue weighted by Crippen LogP contribution is -2.03. The predicted molar refractivity (Wildman–Crippen MR) is 236 cm³/mol. The van der Waals surface area contributed by atoms with Gasteiger partial charge in [-0.1, -0.05) is 170 Å². The number of aromatic nitrogens is 3. The van der Waals surface area contributed by atoms with Crippen molar-refractivity contribution in [3.63, 3.8) is 0 Å². The van der Waals surface area contributed by atoms with Gasteiger partial charge in [0, 0.05) is 54.1 Å². The average Bonchev–Trinajstić information content (AvgIpc) is 3.83. The summed E-state index contributed by atoms with van der Waals surface area (Å²) in [5.74, 6) is 0.681. The quantitative estimate of drug-likeness (QED) is 0.170. The molecule has 0 N–H and O–H groups in total. The van der Waals surface area contributed by atoms with Crippen LogP contribution in [0.4, 0.5) is 0 Å². The van der Waals surface area contributed by atoms with Gasteiger partial charge in [-0.05, 0) is 41.5 Å². The Hall–Kier alpha value is -7.14. The Labute approximate surface area is 328 Å². The van der Waals surface area contributed by atoms with E-state index in [1.54, 1.807) is 0 Å². The van der Waals surface area contributed by atoms with Crippen LogP contribution < -0.4 is 0 Å². The molecular formula is C52H33N3S. The first kappa shape index (κ1) is 32.3. The summed E-state index contributed by atoms with van der Waals surface area (Å²) < 4.78 is 5.11. The van der Waals surface area contributed by atoms with Crippen molar-refractivity contribution in [3.8, 4) is 61.8 Å². The van der Waals surface area contributed by atoms with E-state index in [2.05, 4.69) is 193 Å². The molecule has 11 rings (SSSR count). The maximum absolute atomic E-state index is 5.31. The molecule has 0 aliphatic rings. The number of thiophene rings is 1. The Morgan fingerprint density at radius 1 is 0.375 bits per heavy atom. The van der Waals surface area contributed by atoms with Crippen LogP contribution in [-0.2, 0) is 0 Å². The molecule has 8 aromatic carbocycles. The number of hydrogen-bond donors (Lipinski definition) is 0. The highest BCUT2D eigenvalue weighted by atomic mass is 32.1. The van der Waals surface area contributed by atoms with E-state index in [1.807, 2.05) is 23.5 Å². The molecule has 0 aliphatic carbocycles. The summed E-state index contributed by atoms with van der Waals surface area (Å²) in [5, 5.41) is 5.04. The number of nitrogens with zero attached hydrogens (tertiary/aromatic N) is 3. The lowest BCUT2D eigenvalue weighted by molar-refractivity contribution is 1.17. The van der Waals surface area contributed by atoms with Crippen LogP contribution in [0.25, 0.3) is 104 Å². The van der Waals surface area contributed by atoms with Gasteiger partial charge >= 0.3 is 0 Å². The maximum atomic E-state index is 5.31. The summed E-state index contributed by atoms with van der Waals surface area (Å²) in [6.07, 6.45) is 0. The molecule has 56 heavy (non-hydrogen) atoms. The predicted octanol–water partition coefficient (Wildman–Crippen LogP) is 14.3. The van der Waals surface area contributed by atoms with Gasteiger partial charge in [-0.3, -0.25) is 0 Å². The maximum Gasteiger partial charge on any atom is 0.160 e. The lowest BCUT2D eigenvalue weighted by atomic mass is 9.92. The SMILES string of the molecule is c1ccc(-c2cc(-c3ccccc3)nc(-c3cc(-c4ccccc4)c(-n4c5ccccc5c5ccc6c7ccccc7sc6c54)c(-c4ccccc4)c3)n2)cc1. The average molecular weight is 732 g/mol. The summed E-state index contributed by atoms with van der Waals surface area (Å²) in [4.78, 5) is 10.6. The Morgan fingerprint density at radius 2 is 0.857 bits per heavy atom. The van der Waals surface area contributed by atoms with Gasteiger partial charge in [0.15, 0.2) is 5.82 Å². The number of rotatable bonds is 6.